The fourth-order valence-electron chi connectivity index (χ4n) is 2.74. The lowest BCUT2D eigenvalue weighted by Gasteiger charge is -2.12. The van der Waals surface area contributed by atoms with Gasteiger partial charge in [-0.1, -0.05) is 0 Å². The van der Waals surface area contributed by atoms with Crippen molar-refractivity contribution in [3.63, 3.8) is 0 Å². The number of nitrogens with zero attached hydrogens (tertiary/aromatic N) is 2. The molecule has 0 radical (unpaired) electrons. The van der Waals surface area contributed by atoms with Crippen molar-refractivity contribution >= 4 is 34.6 Å². The van der Waals surface area contributed by atoms with E-state index in [2.05, 4.69) is 21.0 Å². The molecule has 0 unspecified atom stereocenters. The third-order valence-corrected chi connectivity index (χ3v) is 4.31. The number of nitroso groups, excluding NO2 is 2. The van der Waals surface area contributed by atoms with Gasteiger partial charge in [-0.3, -0.25) is 9.59 Å². The van der Waals surface area contributed by atoms with Gasteiger partial charge in [0.25, 0.3) is 11.8 Å². The number of carbonyl (C=O) groups is 2. The van der Waals surface area contributed by atoms with E-state index in [4.69, 9.17) is 4.74 Å². The standard InChI is InChI=1S/C21H14F2N4O5/c1-32-19-7-2-11(20(28)24-17-9-12(26-30)3-5-15(17)22)8-14(19)21(29)25-18-10-13(27-31)4-6-16(18)23/h2-10H,1H3,(H,24,28)(H,25,29). The van der Waals surface area contributed by atoms with E-state index in [0.29, 0.717) is 0 Å². The number of anilines is 2. The SMILES string of the molecule is COc1ccc(C(=O)Nc2cc(N=O)ccc2F)cc1C(=O)Nc1cc(N=O)ccc1F. The van der Waals surface area contributed by atoms with E-state index in [0.717, 1.165) is 42.5 Å². The van der Waals surface area contributed by atoms with Crippen molar-refractivity contribution in [2.45, 2.75) is 0 Å². The van der Waals surface area contributed by atoms with Crippen molar-refractivity contribution in [1.82, 2.24) is 0 Å². The molecule has 0 aliphatic rings. The molecule has 162 valence electrons. The van der Waals surface area contributed by atoms with Crippen LogP contribution >= 0.6 is 0 Å². The molecule has 0 saturated carbocycles. The van der Waals surface area contributed by atoms with E-state index in [1.165, 1.54) is 19.2 Å². The first-order valence-electron chi connectivity index (χ1n) is 8.93. The summed E-state index contributed by atoms with van der Waals surface area (Å²) in [6.07, 6.45) is 0. The summed E-state index contributed by atoms with van der Waals surface area (Å²) in [5.74, 6) is -3.16. The number of halogens is 2. The summed E-state index contributed by atoms with van der Waals surface area (Å²) in [7, 11) is 1.29. The number of carbonyl (C=O) groups excluding carboxylic acids is 2. The molecule has 9 nitrogen and oxygen atoms in total. The molecule has 0 aromatic heterocycles. The zero-order chi connectivity index (χ0) is 23.3. The van der Waals surface area contributed by atoms with Crippen LogP contribution in [0, 0.1) is 21.4 Å². The van der Waals surface area contributed by atoms with Crippen molar-refractivity contribution < 1.29 is 23.1 Å². The molecule has 3 aromatic carbocycles. The summed E-state index contributed by atoms with van der Waals surface area (Å²) in [6.45, 7) is 0. The lowest BCUT2D eigenvalue weighted by Crippen LogP contribution is -2.17. The van der Waals surface area contributed by atoms with E-state index in [1.807, 2.05) is 0 Å². The van der Waals surface area contributed by atoms with Crippen LogP contribution < -0.4 is 15.4 Å². The van der Waals surface area contributed by atoms with Gasteiger partial charge in [0.05, 0.1) is 24.0 Å². The van der Waals surface area contributed by atoms with Crippen LogP contribution in [0.15, 0.2) is 65.0 Å². The third kappa shape index (κ3) is 4.78. The molecule has 32 heavy (non-hydrogen) atoms. The topological polar surface area (TPSA) is 126 Å². The van der Waals surface area contributed by atoms with Gasteiger partial charge < -0.3 is 15.4 Å². The highest BCUT2D eigenvalue weighted by Crippen LogP contribution is 2.26. The van der Waals surface area contributed by atoms with Crippen molar-refractivity contribution in [3.05, 3.63) is 87.2 Å². The second-order valence-electron chi connectivity index (χ2n) is 6.33. The number of hydrogen-bond acceptors (Lipinski definition) is 7. The van der Waals surface area contributed by atoms with Gasteiger partial charge in [-0.15, -0.1) is 9.81 Å². The van der Waals surface area contributed by atoms with Gasteiger partial charge in [0.1, 0.15) is 28.8 Å². The molecule has 0 atom stereocenters. The maximum atomic E-state index is 14.0. The highest BCUT2D eigenvalue weighted by Gasteiger charge is 2.19. The van der Waals surface area contributed by atoms with Crippen molar-refractivity contribution in [3.8, 4) is 5.75 Å². The molecule has 3 aromatic rings. The molecule has 0 heterocycles. The first kappa shape index (κ1) is 22.2. The van der Waals surface area contributed by atoms with Crippen molar-refractivity contribution in [2.24, 2.45) is 10.4 Å². The van der Waals surface area contributed by atoms with Gasteiger partial charge >= 0.3 is 0 Å². The molecule has 3 rings (SSSR count). The van der Waals surface area contributed by atoms with Gasteiger partial charge in [0.15, 0.2) is 0 Å². The molecule has 11 heteroatoms. The van der Waals surface area contributed by atoms with Gasteiger partial charge in [-0.2, -0.15) is 0 Å². The Labute approximate surface area is 179 Å². The number of nitrogens with one attached hydrogen (secondary N) is 2. The van der Waals surface area contributed by atoms with E-state index in [1.54, 1.807) is 0 Å². The molecular formula is C21H14F2N4O5. The van der Waals surface area contributed by atoms with Crippen LogP contribution in [0.25, 0.3) is 0 Å². The molecule has 0 aliphatic heterocycles. The number of rotatable bonds is 7. The number of methoxy groups -OCH3 is 1. The Balaban J connectivity index is 1.90. The predicted octanol–water partition coefficient (Wildman–Crippen LogP) is 5.27. The Hall–Kier alpha value is -4.54. The van der Waals surface area contributed by atoms with E-state index >= 15 is 0 Å². The normalized spacial score (nSPS) is 10.2. The zero-order valence-electron chi connectivity index (χ0n) is 16.4. The summed E-state index contributed by atoms with van der Waals surface area (Å²) in [5, 5.41) is 9.93. The van der Waals surface area contributed by atoms with Crippen molar-refractivity contribution in [2.75, 3.05) is 17.7 Å². The van der Waals surface area contributed by atoms with E-state index in [9.17, 15) is 28.2 Å². The quantitative estimate of drug-likeness (QED) is 0.484. The number of amides is 2. The molecule has 0 fully saturated rings. The molecule has 2 N–H and O–H groups in total. The zero-order valence-corrected chi connectivity index (χ0v) is 16.4. The van der Waals surface area contributed by atoms with Gasteiger partial charge in [0.2, 0.25) is 0 Å². The molecule has 2 amide bonds. The lowest BCUT2D eigenvalue weighted by atomic mass is 10.1. The van der Waals surface area contributed by atoms with Crippen LogP contribution in [0.2, 0.25) is 0 Å². The van der Waals surface area contributed by atoms with Gasteiger partial charge in [0, 0.05) is 5.56 Å². The fourth-order valence-corrected chi connectivity index (χ4v) is 2.74. The highest BCUT2D eigenvalue weighted by atomic mass is 19.1. The minimum absolute atomic E-state index is 0.0522. The first-order valence-corrected chi connectivity index (χ1v) is 8.93. The summed E-state index contributed by atoms with van der Waals surface area (Å²) >= 11 is 0. The second kappa shape index (κ2) is 9.51. The second-order valence-corrected chi connectivity index (χ2v) is 6.33. The molecule has 0 spiro atoms. The van der Waals surface area contributed by atoms with Crippen LogP contribution in [0.5, 0.6) is 5.75 Å². The van der Waals surface area contributed by atoms with Crippen LogP contribution in [0.4, 0.5) is 31.5 Å². The maximum absolute atomic E-state index is 14.0. The summed E-state index contributed by atoms with van der Waals surface area (Å²) in [5.41, 5.74) is -0.962. The molecular weight excluding hydrogens is 426 g/mol. The van der Waals surface area contributed by atoms with Crippen LogP contribution in [0.3, 0.4) is 0 Å². The molecule has 0 bridgehead atoms. The Bertz CT molecular complexity index is 1230. The highest BCUT2D eigenvalue weighted by molar-refractivity contribution is 6.10. The number of ether oxygens (including phenoxy) is 1. The van der Waals surface area contributed by atoms with Crippen LogP contribution in [-0.4, -0.2) is 18.9 Å². The fraction of sp³-hybridized carbons (Fsp3) is 0.0476. The lowest BCUT2D eigenvalue weighted by molar-refractivity contribution is 0.102. The maximum Gasteiger partial charge on any atom is 0.259 e. The summed E-state index contributed by atoms with van der Waals surface area (Å²) < 4.78 is 33.1. The Kier molecular flexibility index (Phi) is 6.59. The summed E-state index contributed by atoms with van der Waals surface area (Å²) in [4.78, 5) is 46.6. The van der Waals surface area contributed by atoms with E-state index < -0.39 is 23.4 Å². The van der Waals surface area contributed by atoms with Crippen LogP contribution in [-0.2, 0) is 0 Å². The minimum Gasteiger partial charge on any atom is -0.496 e. The van der Waals surface area contributed by atoms with Gasteiger partial charge in [-0.05, 0) is 65.0 Å². The Morgan fingerprint density at radius 2 is 1.31 bits per heavy atom. The minimum atomic E-state index is -0.836. The average molecular weight is 440 g/mol. The summed E-state index contributed by atoms with van der Waals surface area (Å²) in [6, 6.07) is 10.1. The van der Waals surface area contributed by atoms with Gasteiger partial charge in [-0.25, -0.2) is 8.78 Å². The number of benzene rings is 3. The van der Waals surface area contributed by atoms with E-state index in [-0.39, 0.29) is 39.6 Å². The predicted molar refractivity (Wildman–Crippen MR) is 113 cm³/mol. The Morgan fingerprint density at radius 1 is 0.781 bits per heavy atom. The number of hydrogen-bond donors (Lipinski definition) is 2. The monoisotopic (exact) mass is 440 g/mol. The third-order valence-electron chi connectivity index (χ3n) is 4.31. The van der Waals surface area contributed by atoms with Crippen molar-refractivity contribution in [1.29, 1.82) is 0 Å². The first-order chi connectivity index (χ1) is 15.4. The smallest absolute Gasteiger partial charge is 0.259 e. The van der Waals surface area contributed by atoms with Crippen LogP contribution in [0.1, 0.15) is 20.7 Å². The average Bonchev–Trinajstić information content (AvgIpc) is 2.81. The molecule has 0 saturated heterocycles. The largest absolute Gasteiger partial charge is 0.496 e. The Morgan fingerprint density at radius 3 is 1.81 bits per heavy atom. The molecule has 0 aliphatic carbocycles.